The Labute approximate surface area is 221 Å². The first-order valence-electron chi connectivity index (χ1n) is 13.4. The van der Waals surface area contributed by atoms with E-state index in [1.54, 1.807) is 41.7 Å². The Hall–Kier alpha value is -3.52. The van der Waals surface area contributed by atoms with Crippen molar-refractivity contribution in [3.05, 3.63) is 65.7 Å². The van der Waals surface area contributed by atoms with E-state index in [2.05, 4.69) is 22.1 Å². The lowest BCUT2D eigenvalue weighted by Crippen LogP contribution is -2.26. The third-order valence-corrected chi connectivity index (χ3v) is 8.28. The van der Waals surface area contributed by atoms with Crippen LogP contribution in [0.1, 0.15) is 72.9 Å². The van der Waals surface area contributed by atoms with Crippen LogP contribution in [-0.4, -0.2) is 32.8 Å². The number of aromatic nitrogens is 3. The van der Waals surface area contributed by atoms with Crippen LogP contribution in [0.2, 0.25) is 0 Å². The molecule has 2 N–H and O–H groups in total. The monoisotopic (exact) mass is 517 g/mol. The summed E-state index contributed by atoms with van der Waals surface area (Å²) in [6, 6.07) is 8.26. The van der Waals surface area contributed by atoms with Crippen LogP contribution >= 0.6 is 0 Å². The van der Waals surface area contributed by atoms with Crippen LogP contribution in [0, 0.1) is 0 Å². The number of alkyl halides is 2. The first-order chi connectivity index (χ1) is 18.3. The minimum Gasteiger partial charge on any atom is -0.341 e. The van der Waals surface area contributed by atoms with Gasteiger partial charge in [0.1, 0.15) is 0 Å². The zero-order valence-corrected chi connectivity index (χ0v) is 21.8. The van der Waals surface area contributed by atoms with Crippen molar-refractivity contribution in [3.63, 3.8) is 0 Å². The number of aryl methyl sites for hydroxylation is 2. The summed E-state index contributed by atoms with van der Waals surface area (Å²) in [6.07, 6.45) is 10.3. The third kappa shape index (κ3) is 4.41. The summed E-state index contributed by atoms with van der Waals surface area (Å²) < 4.78 is 32.1. The maximum absolute atomic E-state index is 14.4. The average molecular weight is 518 g/mol. The van der Waals surface area contributed by atoms with Crippen molar-refractivity contribution >= 4 is 28.1 Å². The molecule has 2 aromatic carbocycles. The van der Waals surface area contributed by atoms with Gasteiger partial charge in [-0.05, 0) is 85.4 Å². The fraction of sp³-hybridized carbons (Fsp3) is 0.400. The number of hydrogen-bond donors (Lipinski definition) is 1. The van der Waals surface area contributed by atoms with E-state index in [1.807, 2.05) is 18.5 Å². The van der Waals surface area contributed by atoms with E-state index in [4.69, 9.17) is 5.73 Å². The molecule has 0 saturated heterocycles. The molecule has 0 spiro atoms. The van der Waals surface area contributed by atoms with Crippen molar-refractivity contribution < 1.29 is 13.6 Å². The fourth-order valence-corrected chi connectivity index (χ4v) is 6.24. The largest absolute Gasteiger partial charge is 0.341 e. The molecule has 6 nitrogen and oxygen atoms in total. The Bertz CT molecular complexity index is 1510. The highest BCUT2D eigenvalue weighted by Crippen LogP contribution is 2.45. The zero-order chi connectivity index (χ0) is 26.6. The van der Waals surface area contributed by atoms with Gasteiger partial charge >= 0.3 is 0 Å². The molecule has 38 heavy (non-hydrogen) atoms. The number of fused-ring (bicyclic) bond motifs is 2. The van der Waals surface area contributed by atoms with Crippen molar-refractivity contribution in [2.45, 2.75) is 63.8 Å². The highest BCUT2D eigenvalue weighted by molar-refractivity contribution is 5.99. The molecule has 0 radical (unpaired) electrons. The average Bonchev–Trinajstić information content (AvgIpc) is 3.54. The number of rotatable bonds is 4. The predicted molar refractivity (Wildman–Crippen MR) is 146 cm³/mol. The lowest BCUT2D eigenvalue weighted by molar-refractivity contribution is 0.0937. The second-order valence-corrected chi connectivity index (χ2v) is 10.9. The normalized spacial score (nSPS) is 19.8. The number of carbonyl (C=O) groups is 1. The number of hydrogen-bond acceptors (Lipinski definition) is 4. The van der Waals surface area contributed by atoms with E-state index in [0.29, 0.717) is 17.0 Å². The summed E-state index contributed by atoms with van der Waals surface area (Å²) >= 11 is 0. The number of benzene rings is 2. The highest BCUT2D eigenvalue weighted by Gasteiger charge is 2.28. The lowest BCUT2D eigenvalue weighted by atomic mass is 9.81. The van der Waals surface area contributed by atoms with E-state index >= 15 is 0 Å². The number of nitrogens with zero attached hydrogens (tertiary/aromatic N) is 4. The van der Waals surface area contributed by atoms with Gasteiger partial charge in [0.15, 0.2) is 0 Å². The van der Waals surface area contributed by atoms with Crippen LogP contribution in [0.25, 0.3) is 21.9 Å². The minimum atomic E-state index is -2.61. The number of nitrogens with two attached hydrogens (primary N) is 1. The van der Waals surface area contributed by atoms with Gasteiger partial charge in [0.05, 0.1) is 11.9 Å². The van der Waals surface area contributed by atoms with E-state index in [1.165, 1.54) is 5.56 Å². The quantitative estimate of drug-likeness (QED) is 0.327. The number of carbonyl (C=O) groups excluding carboxylic acids is 1. The van der Waals surface area contributed by atoms with Gasteiger partial charge in [0.25, 0.3) is 6.43 Å². The molecule has 1 aliphatic heterocycles. The van der Waals surface area contributed by atoms with Gasteiger partial charge in [-0.15, -0.1) is 0 Å². The van der Waals surface area contributed by atoms with Gasteiger partial charge in [0.2, 0.25) is 5.91 Å². The maximum atomic E-state index is 14.4. The van der Waals surface area contributed by atoms with Gasteiger partial charge in [-0.25, -0.2) is 8.78 Å². The Kier molecular flexibility index (Phi) is 6.30. The molecule has 6 rings (SSSR count). The summed E-state index contributed by atoms with van der Waals surface area (Å²) in [4.78, 5) is 14.4. The van der Waals surface area contributed by atoms with Crippen LogP contribution in [0.4, 0.5) is 20.2 Å². The molecule has 0 unspecified atom stereocenters. The van der Waals surface area contributed by atoms with Crippen molar-refractivity contribution in [3.8, 4) is 11.1 Å². The predicted octanol–water partition coefficient (Wildman–Crippen LogP) is 6.71. The molecule has 1 fully saturated rings. The lowest BCUT2D eigenvalue weighted by Gasteiger charge is -2.34. The van der Waals surface area contributed by atoms with Gasteiger partial charge in [-0.3, -0.25) is 14.0 Å². The first-order valence-corrected chi connectivity index (χ1v) is 13.4. The second-order valence-electron chi connectivity index (χ2n) is 10.9. The molecule has 1 saturated carbocycles. The van der Waals surface area contributed by atoms with E-state index in [-0.39, 0.29) is 17.5 Å². The van der Waals surface area contributed by atoms with E-state index in [0.717, 1.165) is 72.8 Å². The van der Waals surface area contributed by atoms with Crippen LogP contribution in [-0.2, 0) is 13.5 Å². The summed E-state index contributed by atoms with van der Waals surface area (Å²) in [7, 11) is 1.79. The van der Waals surface area contributed by atoms with Crippen LogP contribution in [0.5, 0.6) is 0 Å². The Morgan fingerprint density at radius 2 is 1.84 bits per heavy atom. The SMILES string of the molecule is CC(=O)n1cc2cc(C3CCC(N)CC3)cc(N3CCCc4cc(-c5cnn(C)c5)c(C(F)F)cc43)c2c1. The minimum absolute atomic E-state index is 0.0126. The molecule has 0 amide bonds. The van der Waals surface area contributed by atoms with Gasteiger partial charge in [0, 0.05) is 72.7 Å². The van der Waals surface area contributed by atoms with Crippen molar-refractivity contribution in [2.24, 2.45) is 12.8 Å². The topological polar surface area (TPSA) is 69.1 Å². The second kappa shape index (κ2) is 9.66. The van der Waals surface area contributed by atoms with Crippen LogP contribution in [0.15, 0.2) is 49.1 Å². The molecule has 0 atom stereocenters. The molecule has 2 aromatic heterocycles. The molecule has 1 aliphatic carbocycles. The molecule has 0 bridgehead atoms. The summed E-state index contributed by atoms with van der Waals surface area (Å²) in [5.74, 6) is 0.338. The number of anilines is 2. The van der Waals surface area contributed by atoms with Gasteiger partial charge < -0.3 is 10.6 Å². The van der Waals surface area contributed by atoms with E-state index < -0.39 is 6.43 Å². The van der Waals surface area contributed by atoms with Crippen molar-refractivity contribution in [2.75, 3.05) is 11.4 Å². The maximum Gasteiger partial charge on any atom is 0.264 e. The highest BCUT2D eigenvalue weighted by atomic mass is 19.3. The first kappa shape index (κ1) is 24.8. The van der Waals surface area contributed by atoms with E-state index in [9.17, 15) is 13.6 Å². The Balaban J connectivity index is 1.51. The zero-order valence-electron chi connectivity index (χ0n) is 21.8. The Morgan fingerprint density at radius 3 is 2.53 bits per heavy atom. The van der Waals surface area contributed by atoms with Gasteiger partial charge in [-0.2, -0.15) is 5.10 Å². The molecular formula is C30H33F2N5O. The molecular weight excluding hydrogens is 484 g/mol. The molecule has 2 aliphatic rings. The van der Waals surface area contributed by atoms with Gasteiger partial charge in [-0.1, -0.05) is 0 Å². The molecule has 8 heteroatoms. The fourth-order valence-electron chi connectivity index (χ4n) is 6.24. The molecule has 3 heterocycles. The third-order valence-electron chi connectivity index (χ3n) is 8.28. The van der Waals surface area contributed by atoms with Crippen molar-refractivity contribution in [1.29, 1.82) is 0 Å². The van der Waals surface area contributed by atoms with Crippen LogP contribution < -0.4 is 10.6 Å². The Morgan fingerprint density at radius 1 is 1.05 bits per heavy atom. The molecule has 198 valence electrons. The number of halogens is 2. The summed E-state index contributed by atoms with van der Waals surface area (Å²) in [5, 5.41) is 6.15. The summed E-state index contributed by atoms with van der Waals surface area (Å²) in [6.45, 7) is 2.27. The molecule has 4 aromatic rings. The van der Waals surface area contributed by atoms with Crippen LogP contribution in [0.3, 0.4) is 0 Å². The van der Waals surface area contributed by atoms with Crippen molar-refractivity contribution in [1.82, 2.24) is 14.3 Å². The standard InChI is InChI=1S/C30H33F2N5O/c1-18(38)36-16-22-10-21(19-5-7-24(33)8-6-19)12-29(27(22)17-36)37-9-3-4-20-11-25(23-14-34-35(2)15-23)26(30(31)32)13-28(20)37/h10-17,19,24,30H,3-9,33H2,1-2H3. The summed E-state index contributed by atoms with van der Waals surface area (Å²) in [5.41, 5.74) is 11.5. The smallest absolute Gasteiger partial charge is 0.264 e.